The first-order chi connectivity index (χ1) is 8.70. The van der Waals surface area contributed by atoms with Gasteiger partial charge in [0, 0.05) is 30.9 Å². The van der Waals surface area contributed by atoms with Crippen LogP contribution in [0.2, 0.25) is 0 Å². The van der Waals surface area contributed by atoms with Gasteiger partial charge in [0.1, 0.15) is 0 Å². The summed E-state index contributed by atoms with van der Waals surface area (Å²) in [7, 11) is 0. The molecule has 0 atom stereocenters. The maximum atomic E-state index is 4.32. The molecule has 0 saturated heterocycles. The van der Waals surface area contributed by atoms with Gasteiger partial charge in [0.25, 0.3) is 0 Å². The number of benzene rings is 1. The SMILES string of the molecule is CCn1nccc1-c1cccc(CNC(C)C)c1. The van der Waals surface area contributed by atoms with E-state index < -0.39 is 0 Å². The van der Waals surface area contributed by atoms with Crippen LogP contribution in [0.3, 0.4) is 0 Å². The van der Waals surface area contributed by atoms with Gasteiger partial charge in [-0.15, -0.1) is 0 Å². The van der Waals surface area contributed by atoms with E-state index in [1.807, 2.05) is 10.9 Å². The average Bonchev–Trinajstić information content (AvgIpc) is 2.85. The van der Waals surface area contributed by atoms with E-state index >= 15 is 0 Å². The number of aromatic nitrogens is 2. The molecular weight excluding hydrogens is 222 g/mol. The van der Waals surface area contributed by atoms with Crippen molar-refractivity contribution < 1.29 is 0 Å². The van der Waals surface area contributed by atoms with E-state index in [4.69, 9.17) is 0 Å². The van der Waals surface area contributed by atoms with Crippen molar-refractivity contribution >= 4 is 0 Å². The van der Waals surface area contributed by atoms with Crippen molar-refractivity contribution in [2.24, 2.45) is 0 Å². The maximum absolute atomic E-state index is 4.32. The van der Waals surface area contributed by atoms with Crippen LogP contribution in [0.5, 0.6) is 0 Å². The molecule has 0 unspecified atom stereocenters. The molecule has 0 radical (unpaired) electrons. The molecule has 0 fully saturated rings. The van der Waals surface area contributed by atoms with E-state index in [1.54, 1.807) is 0 Å². The zero-order valence-corrected chi connectivity index (χ0v) is 11.4. The molecule has 18 heavy (non-hydrogen) atoms. The number of hydrogen-bond acceptors (Lipinski definition) is 2. The van der Waals surface area contributed by atoms with Gasteiger partial charge >= 0.3 is 0 Å². The topological polar surface area (TPSA) is 29.9 Å². The van der Waals surface area contributed by atoms with Crippen LogP contribution in [-0.2, 0) is 13.1 Å². The smallest absolute Gasteiger partial charge is 0.0682 e. The molecule has 1 aromatic carbocycles. The highest BCUT2D eigenvalue weighted by Gasteiger charge is 2.04. The Labute approximate surface area is 109 Å². The van der Waals surface area contributed by atoms with E-state index in [1.165, 1.54) is 16.8 Å². The Balaban J connectivity index is 2.21. The fraction of sp³-hybridized carbons (Fsp3) is 0.400. The third kappa shape index (κ3) is 2.99. The van der Waals surface area contributed by atoms with Crippen molar-refractivity contribution in [2.75, 3.05) is 0 Å². The Bertz CT molecular complexity index is 500. The Morgan fingerprint density at radius 1 is 1.28 bits per heavy atom. The zero-order valence-electron chi connectivity index (χ0n) is 11.4. The second-order valence-corrected chi connectivity index (χ2v) is 4.77. The summed E-state index contributed by atoms with van der Waals surface area (Å²) in [6, 6.07) is 11.2. The molecule has 0 saturated carbocycles. The van der Waals surface area contributed by atoms with E-state index in [0.717, 1.165) is 13.1 Å². The first-order valence-electron chi connectivity index (χ1n) is 6.55. The molecular formula is C15H21N3. The molecule has 0 amide bonds. The van der Waals surface area contributed by atoms with Crippen molar-refractivity contribution in [3.05, 3.63) is 42.1 Å². The summed E-state index contributed by atoms with van der Waals surface area (Å²) in [4.78, 5) is 0. The second kappa shape index (κ2) is 5.83. The van der Waals surface area contributed by atoms with Gasteiger partial charge in [-0.25, -0.2) is 0 Å². The van der Waals surface area contributed by atoms with Gasteiger partial charge in [-0.1, -0.05) is 32.0 Å². The Morgan fingerprint density at radius 2 is 2.11 bits per heavy atom. The molecule has 3 heteroatoms. The molecule has 3 nitrogen and oxygen atoms in total. The summed E-state index contributed by atoms with van der Waals surface area (Å²) in [6.45, 7) is 8.25. The third-order valence-electron chi connectivity index (χ3n) is 2.95. The van der Waals surface area contributed by atoms with Crippen LogP contribution in [0.25, 0.3) is 11.3 Å². The highest BCUT2D eigenvalue weighted by atomic mass is 15.3. The molecule has 2 aromatic rings. The van der Waals surface area contributed by atoms with E-state index in [2.05, 4.69) is 61.5 Å². The first kappa shape index (κ1) is 12.8. The Hall–Kier alpha value is -1.61. The van der Waals surface area contributed by atoms with Crippen molar-refractivity contribution in [1.29, 1.82) is 0 Å². The van der Waals surface area contributed by atoms with E-state index in [9.17, 15) is 0 Å². The zero-order chi connectivity index (χ0) is 13.0. The molecule has 0 aliphatic heterocycles. The molecule has 0 spiro atoms. The van der Waals surface area contributed by atoms with Crippen LogP contribution >= 0.6 is 0 Å². The molecule has 0 aliphatic carbocycles. The predicted molar refractivity (Wildman–Crippen MR) is 75.3 cm³/mol. The fourth-order valence-electron chi connectivity index (χ4n) is 1.99. The molecule has 0 aliphatic rings. The summed E-state index contributed by atoms with van der Waals surface area (Å²) in [5.41, 5.74) is 3.73. The molecule has 0 bridgehead atoms. The van der Waals surface area contributed by atoms with Gasteiger partial charge in [0.15, 0.2) is 0 Å². The number of nitrogens with one attached hydrogen (secondary N) is 1. The normalized spacial score (nSPS) is 11.1. The monoisotopic (exact) mass is 243 g/mol. The minimum atomic E-state index is 0.509. The van der Waals surface area contributed by atoms with E-state index in [-0.39, 0.29) is 0 Å². The van der Waals surface area contributed by atoms with Crippen molar-refractivity contribution in [3.8, 4) is 11.3 Å². The summed E-state index contributed by atoms with van der Waals surface area (Å²) < 4.78 is 2.02. The molecule has 96 valence electrons. The maximum Gasteiger partial charge on any atom is 0.0682 e. The quantitative estimate of drug-likeness (QED) is 0.874. The second-order valence-electron chi connectivity index (χ2n) is 4.77. The summed E-state index contributed by atoms with van der Waals surface area (Å²) in [6.07, 6.45) is 1.86. The van der Waals surface area contributed by atoms with Gasteiger partial charge in [0.05, 0.1) is 5.69 Å². The number of nitrogens with zero attached hydrogens (tertiary/aromatic N) is 2. The lowest BCUT2D eigenvalue weighted by atomic mass is 10.1. The lowest BCUT2D eigenvalue weighted by Gasteiger charge is -2.10. The highest BCUT2D eigenvalue weighted by molar-refractivity contribution is 5.60. The number of hydrogen-bond donors (Lipinski definition) is 1. The molecule has 2 rings (SSSR count). The number of aryl methyl sites for hydroxylation is 1. The van der Waals surface area contributed by atoms with Gasteiger partial charge in [-0.2, -0.15) is 5.10 Å². The van der Waals surface area contributed by atoms with Crippen LogP contribution in [0.15, 0.2) is 36.5 Å². The highest BCUT2D eigenvalue weighted by Crippen LogP contribution is 2.20. The lowest BCUT2D eigenvalue weighted by molar-refractivity contribution is 0.589. The average molecular weight is 243 g/mol. The number of rotatable bonds is 5. The summed E-state index contributed by atoms with van der Waals surface area (Å²) in [5.74, 6) is 0. The summed E-state index contributed by atoms with van der Waals surface area (Å²) >= 11 is 0. The molecule has 1 heterocycles. The summed E-state index contributed by atoms with van der Waals surface area (Å²) in [5, 5.41) is 7.76. The van der Waals surface area contributed by atoms with Gasteiger partial charge in [-0.05, 0) is 24.6 Å². The van der Waals surface area contributed by atoms with Crippen LogP contribution in [0.4, 0.5) is 0 Å². The van der Waals surface area contributed by atoms with Gasteiger partial charge in [-0.3, -0.25) is 4.68 Å². The largest absolute Gasteiger partial charge is 0.310 e. The standard InChI is InChI=1S/C15H21N3/c1-4-18-15(8-9-17-18)14-7-5-6-13(10-14)11-16-12(2)3/h5-10,12,16H,4,11H2,1-3H3. The van der Waals surface area contributed by atoms with Crippen molar-refractivity contribution in [1.82, 2.24) is 15.1 Å². The Kier molecular flexibility index (Phi) is 4.15. The van der Waals surface area contributed by atoms with Crippen LogP contribution in [-0.4, -0.2) is 15.8 Å². The van der Waals surface area contributed by atoms with Crippen LogP contribution < -0.4 is 5.32 Å². The third-order valence-corrected chi connectivity index (χ3v) is 2.95. The molecule has 1 N–H and O–H groups in total. The minimum absolute atomic E-state index is 0.509. The van der Waals surface area contributed by atoms with Crippen LogP contribution in [0, 0.1) is 0 Å². The fourth-order valence-corrected chi connectivity index (χ4v) is 1.99. The van der Waals surface area contributed by atoms with Gasteiger partial charge in [0.2, 0.25) is 0 Å². The lowest BCUT2D eigenvalue weighted by Crippen LogP contribution is -2.21. The van der Waals surface area contributed by atoms with E-state index in [0.29, 0.717) is 6.04 Å². The first-order valence-corrected chi connectivity index (χ1v) is 6.55. The van der Waals surface area contributed by atoms with Gasteiger partial charge < -0.3 is 5.32 Å². The Morgan fingerprint density at radius 3 is 2.83 bits per heavy atom. The molecule has 1 aromatic heterocycles. The van der Waals surface area contributed by atoms with Crippen molar-refractivity contribution in [2.45, 2.75) is 39.9 Å². The van der Waals surface area contributed by atoms with Crippen molar-refractivity contribution in [3.63, 3.8) is 0 Å². The van der Waals surface area contributed by atoms with Crippen LogP contribution in [0.1, 0.15) is 26.3 Å². The minimum Gasteiger partial charge on any atom is -0.310 e. The predicted octanol–water partition coefficient (Wildman–Crippen LogP) is 3.07.